The molecule has 0 aliphatic carbocycles. The van der Waals surface area contributed by atoms with Crippen LogP contribution in [0.15, 0.2) is 44.9 Å². The smallest absolute Gasteiger partial charge is 0.328 e. The summed E-state index contributed by atoms with van der Waals surface area (Å²) >= 11 is 0. The highest BCUT2D eigenvalue weighted by molar-refractivity contribution is 5.91. The molecule has 5 rings (SSSR count). The average Bonchev–Trinajstić information content (AvgIpc) is 3.26. The number of hydrogen-bond acceptors (Lipinski definition) is 5. The Morgan fingerprint density at radius 3 is 2.31 bits per heavy atom. The fourth-order valence-corrected chi connectivity index (χ4v) is 4.58. The van der Waals surface area contributed by atoms with Gasteiger partial charge in [0.05, 0.1) is 46.9 Å². The van der Waals surface area contributed by atoms with Crippen molar-refractivity contribution in [2.24, 2.45) is 19.1 Å². The number of aliphatic imine (C=N–C) groups is 1. The number of aromatic amines is 1. The van der Waals surface area contributed by atoms with Crippen LogP contribution in [0, 0.1) is 20.8 Å². The molecule has 9 heteroatoms. The van der Waals surface area contributed by atoms with Crippen molar-refractivity contribution in [3.63, 3.8) is 0 Å². The number of imidazole rings is 1. The van der Waals surface area contributed by atoms with Gasteiger partial charge in [0.15, 0.2) is 0 Å². The average molecular weight is 475 g/mol. The van der Waals surface area contributed by atoms with Crippen LogP contribution in [0.1, 0.15) is 22.4 Å². The first-order chi connectivity index (χ1) is 16.8. The Hall–Kier alpha value is -3.85. The Balaban J connectivity index is 1.61. The van der Waals surface area contributed by atoms with Crippen LogP contribution in [0.2, 0.25) is 0 Å². The van der Waals surface area contributed by atoms with Gasteiger partial charge in [-0.3, -0.25) is 24.0 Å². The SMILES string of the molecule is Cc1ccc(-n2[nH]c(C)c(C=Nc3cc4c(cc3N3CCOCC3)n(C)c(=O)n4C)c2=O)cc1C. The molecule has 0 radical (unpaired) electrons. The first-order valence-electron chi connectivity index (χ1n) is 11.7. The van der Waals surface area contributed by atoms with E-state index in [9.17, 15) is 9.59 Å². The van der Waals surface area contributed by atoms with Crippen molar-refractivity contribution in [2.45, 2.75) is 20.8 Å². The zero-order valence-electron chi connectivity index (χ0n) is 20.8. The summed E-state index contributed by atoms with van der Waals surface area (Å²) in [6.45, 7) is 8.68. The third-order valence-electron chi connectivity index (χ3n) is 6.92. The molecule has 1 aliphatic heterocycles. The third-order valence-corrected chi connectivity index (χ3v) is 6.92. The predicted octanol–water partition coefficient (Wildman–Crippen LogP) is 2.87. The van der Waals surface area contributed by atoms with E-state index < -0.39 is 0 Å². The number of hydrogen-bond donors (Lipinski definition) is 1. The number of fused-ring (bicyclic) bond motifs is 1. The summed E-state index contributed by atoms with van der Waals surface area (Å²) in [5.74, 6) is 0. The van der Waals surface area contributed by atoms with Crippen LogP contribution in [0.4, 0.5) is 11.4 Å². The minimum absolute atomic E-state index is 0.0909. The van der Waals surface area contributed by atoms with Gasteiger partial charge in [-0.15, -0.1) is 0 Å². The van der Waals surface area contributed by atoms with Crippen LogP contribution < -0.4 is 16.1 Å². The second-order valence-corrected chi connectivity index (χ2v) is 9.15. The molecule has 0 saturated carbocycles. The lowest BCUT2D eigenvalue weighted by molar-refractivity contribution is 0.123. The van der Waals surface area contributed by atoms with E-state index in [1.165, 1.54) is 5.56 Å². The number of ether oxygens (including phenoxy) is 1. The van der Waals surface area contributed by atoms with Gasteiger partial charge in [0.1, 0.15) is 0 Å². The second-order valence-electron chi connectivity index (χ2n) is 9.15. The Bertz CT molecular complexity index is 1580. The topological polar surface area (TPSA) is 89.5 Å². The first kappa shape index (κ1) is 22.9. The number of aryl methyl sites for hydroxylation is 5. The molecule has 0 spiro atoms. The molecule has 0 unspecified atom stereocenters. The molecule has 1 aliphatic rings. The summed E-state index contributed by atoms with van der Waals surface area (Å²) in [7, 11) is 3.53. The van der Waals surface area contributed by atoms with Gasteiger partial charge in [-0.25, -0.2) is 9.48 Å². The lowest BCUT2D eigenvalue weighted by Gasteiger charge is -2.30. The van der Waals surface area contributed by atoms with Gasteiger partial charge in [0, 0.05) is 39.1 Å². The van der Waals surface area contributed by atoms with Crippen molar-refractivity contribution >= 4 is 28.6 Å². The largest absolute Gasteiger partial charge is 0.378 e. The van der Waals surface area contributed by atoms with Gasteiger partial charge in [0.25, 0.3) is 5.56 Å². The highest BCUT2D eigenvalue weighted by atomic mass is 16.5. The zero-order valence-corrected chi connectivity index (χ0v) is 20.8. The molecular formula is C26H30N6O3. The minimum atomic E-state index is -0.157. The number of morpholine rings is 1. The van der Waals surface area contributed by atoms with E-state index >= 15 is 0 Å². The number of anilines is 1. The van der Waals surface area contributed by atoms with Crippen molar-refractivity contribution < 1.29 is 4.74 Å². The summed E-state index contributed by atoms with van der Waals surface area (Å²) in [6, 6.07) is 9.86. The van der Waals surface area contributed by atoms with Crippen molar-refractivity contribution in [1.29, 1.82) is 0 Å². The Morgan fingerprint density at radius 1 is 0.943 bits per heavy atom. The normalized spacial score (nSPS) is 14.5. The molecular weight excluding hydrogens is 444 g/mol. The summed E-state index contributed by atoms with van der Waals surface area (Å²) in [5.41, 5.74) is 7.32. The van der Waals surface area contributed by atoms with E-state index in [1.807, 2.05) is 51.1 Å². The van der Waals surface area contributed by atoms with Crippen LogP contribution >= 0.6 is 0 Å². The van der Waals surface area contributed by atoms with E-state index in [-0.39, 0.29) is 11.2 Å². The summed E-state index contributed by atoms with van der Waals surface area (Å²) < 4.78 is 10.3. The lowest BCUT2D eigenvalue weighted by atomic mass is 10.1. The number of rotatable bonds is 4. The standard InChI is InChI=1S/C26H30N6O3/c1-16-6-7-19(12-17(16)2)32-25(33)20(18(3)28-32)15-27-21-13-23-24(30(5)26(34)29(23)4)14-22(21)31-8-10-35-11-9-31/h6-7,12-15,28H,8-11H2,1-5H3. The molecule has 0 bridgehead atoms. The number of benzene rings is 2. The maximum Gasteiger partial charge on any atom is 0.328 e. The Labute approximate surface area is 202 Å². The highest BCUT2D eigenvalue weighted by Crippen LogP contribution is 2.33. The maximum absolute atomic E-state index is 13.3. The van der Waals surface area contributed by atoms with Gasteiger partial charge in [0.2, 0.25) is 0 Å². The fourth-order valence-electron chi connectivity index (χ4n) is 4.58. The summed E-state index contributed by atoms with van der Waals surface area (Å²) in [4.78, 5) is 32.8. The number of nitrogens with one attached hydrogen (secondary N) is 1. The van der Waals surface area contributed by atoms with E-state index in [0.29, 0.717) is 24.5 Å². The van der Waals surface area contributed by atoms with E-state index in [0.717, 1.165) is 46.8 Å². The zero-order chi connectivity index (χ0) is 24.9. The molecule has 2 aromatic heterocycles. The second kappa shape index (κ2) is 8.74. The molecule has 182 valence electrons. The minimum Gasteiger partial charge on any atom is -0.378 e. The molecule has 1 saturated heterocycles. The van der Waals surface area contributed by atoms with Gasteiger partial charge >= 0.3 is 5.69 Å². The van der Waals surface area contributed by atoms with Crippen LogP contribution in [0.5, 0.6) is 0 Å². The van der Waals surface area contributed by atoms with Crippen LogP contribution in [-0.2, 0) is 18.8 Å². The maximum atomic E-state index is 13.3. The highest BCUT2D eigenvalue weighted by Gasteiger charge is 2.19. The number of nitrogens with zero attached hydrogens (tertiary/aromatic N) is 5. The molecule has 2 aromatic carbocycles. The van der Waals surface area contributed by atoms with Crippen LogP contribution in [-0.4, -0.2) is 51.4 Å². The molecule has 9 nitrogen and oxygen atoms in total. The van der Waals surface area contributed by atoms with Crippen molar-refractivity contribution in [1.82, 2.24) is 18.9 Å². The molecule has 1 N–H and O–H groups in total. The molecule has 0 atom stereocenters. The monoisotopic (exact) mass is 474 g/mol. The number of aromatic nitrogens is 4. The lowest BCUT2D eigenvalue weighted by Crippen LogP contribution is -2.36. The van der Waals surface area contributed by atoms with Gasteiger partial charge in [-0.05, 0) is 56.2 Å². The Kier molecular flexibility index (Phi) is 5.72. The van der Waals surface area contributed by atoms with Crippen molar-refractivity contribution in [3.8, 4) is 5.69 Å². The number of H-pyrrole nitrogens is 1. The Morgan fingerprint density at radius 2 is 1.63 bits per heavy atom. The fraction of sp³-hybridized carbons (Fsp3) is 0.346. The summed E-state index contributed by atoms with van der Waals surface area (Å²) in [6.07, 6.45) is 1.62. The quantitative estimate of drug-likeness (QED) is 0.461. The van der Waals surface area contributed by atoms with E-state index in [1.54, 1.807) is 34.1 Å². The van der Waals surface area contributed by atoms with E-state index in [4.69, 9.17) is 9.73 Å². The van der Waals surface area contributed by atoms with Gasteiger partial charge in [-0.2, -0.15) is 0 Å². The molecule has 0 amide bonds. The van der Waals surface area contributed by atoms with Crippen molar-refractivity contribution in [3.05, 3.63) is 73.6 Å². The molecule has 3 heterocycles. The molecule has 35 heavy (non-hydrogen) atoms. The van der Waals surface area contributed by atoms with Gasteiger partial charge < -0.3 is 9.64 Å². The summed E-state index contributed by atoms with van der Waals surface area (Å²) in [5, 5.41) is 3.18. The van der Waals surface area contributed by atoms with Crippen LogP contribution in [0.3, 0.4) is 0 Å². The van der Waals surface area contributed by atoms with Crippen molar-refractivity contribution in [2.75, 3.05) is 31.2 Å². The van der Waals surface area contributed by atoms with E-state index in [2.05, 4.69) is 10.00 Å². The predicted molar refractivity (Wildman–Crippen MR) is 139 cm³/mol. The first-order valence-corrected chi connectivity index (χ1v) is 11.7. The van der Waals surface area contributed by atoms with Crippen LogP contribution in [0.25, 0.3) is 16.7 Å². The van der Waals surface area contributed by atoms with Gasteiger partial charge in [-0.1, -0.05) is 6.07 Å². The molecule has 4 aromatic rings. The third kappa shape index (κ3) is 3.91. The molecule has 1 fully saturated rings.